The van der Waals surface area contributed by atoms with E-state index in [4.69, 9.17) is 27.9 Å². The number of rotatable bonds is 4. The molecule has 0 amide bonds. The van der Waals surface area contributed by atoms with Gasteiger partial charge >= 0.3 is 5.97 Å². The standard InChI is InChI=1S/C19H19Cl2NO4S/c1-13-11-15(20)6-8-17(13)26-19(23)14-5-7-16(21)18(12-14)27(24,25)22-9-3-2-4-10-22/h5-8,11-12H,2-4,9-10H2,1H3. The van der Waals surface area contributed by atoms with Crippen molar-refractivity contribution < 1.29 is 17.9 Å². The van der Waals surface area contributed by atoms with Gasteiger partial charge in [-0.3, -0.25) is 0 Å². The summed E-state index contributed by atoms with van der Waals surface area (Å²) < 4.78 is 32.6. The molecule has 0 aliphatic carbocycles. The summed E-state index contributed by atoms with van der Waals surface area (Å²) in [4.78, 5) is 12.4. The second-order valence-corrected chi connectivity index (χ2v) is 9.16. The first-order valence-corrected chi connectivity index (χ1v) is 10.8. The molecular weight excluding hydrogens is 409 g/mol. The number of sulfonamides is 1. The summed E-state index contributed by atoms with van der Waals surface area (Å²) in [6, 6.07) is 9.02. The van der Waals surface area contributed by atoms with Gasteiger partial charge in [0.05, 0.1) is 10.6 Å². The van der Waals surface area contributed by atoms with E-state index in [9.17, 15) is 13.2 Å². The normalized spacial score (nSPS) is 15.5. The van der Waals surface area contributed by atoms with E-state index in [0.29, 0.717) is 29.4 Å². The molecule has 0 atom stereocenters. The SMILES string of the molecule is Cc1cc(Cl)ccc1OC(=O)c1ccc(Cl)c(S(=O)(=O)N2CCCCC2)c1. The predicted molar refractivity (Wildman–Crippen MR) is 105 cm³/mol. The Kier molecular flexibility index (Phi) is 6.11. The Balaban J connectivity index is 1.89. The van der Waals surface area contributed by atoms with Crippen LogP contribution in [0.15, 0.2) is 41.3 Å². The molecule has 0 aromatic heterocycles. The molecule has 8 heteroatoms. The third-order valence-corrected chi connectivity index (χ3v) is 7.05. The summed E-state index contributed by atoms with van der Waals surface area (Å²) in [7, 11) is -3.76. The van der Waals surface area contributed by atoms with E-state index < -0.39 is 16.0 Å². The zero-order chi connectivity index (χ0) is 19.6. The molecule has 0 unspecified atom stereocenters. The van der Waals surface area contributed by atoms with E-state index in [-0.39, 0.29) is 15.5 Å². The lowest BCUT2D eigenvalue weighted by atomic mass is 10.2. The van der Waals surface area contributed by atoms with E-state index in [1.165, 1.54) is 22.5 Å². The Labute approximate surface area is 168 Å². The van der Waals surface area contributed by atoms with Crippen LogP contribution in [0.2, 0.25) is 10.0 Å². The minimum absolute atomic E-state index is 0.0756. The number of piperidine rings is 1. The Hall–Kier alpha value is -1.60. The molecule has 2 aromatic rings. The molecule has 1 aliphatic heterocycles. The van der Waals surface area contributed by atoms with Crippen LogP contribution in [0, 0.1) is 6.92 Å². The van der Waals surface area contributed by atoms with Crippen LogP contribution < -0.4 is 4.74 Å². The Morgan fingerprint density at radius 2 is 1.74 bits per heavy atom. The third kappa shape index (κ3) is 4.46. The summed E-state index contributed by atoms with van der Waals surface area (Å²) in [6.07, 6.45) is 2.63. The first-order chi connectivity index (χ1) is 12.8. The maximum atomic E-state index is 12.9. The topological polar surface area (TPSA) is 63.7 Å². The van der Waals surface area contributed by atoms with E-state index in [0.717, 1.165) is 19.3 Å². The van der Waals surface area contributed by atoms with Crippen molar-refractivity contribution in [1.82, 2.24) is 4.31 Å². The molecular formula is C19H19Cl2NO4S. The molecule has 0 radical (unpaired) electrons. The van der Waals surface area contributed by atoms with Crippen molar-refractivity contribution in [1.29, 1.82) is 0 Å². The highest BCUT2D eigenvalue weighted by atomic mass is 35.5. The second kappa shape index (κ2) is 8.19. The molecule has 0 saturated carbocycles. The lowest BCUT2D eigenvalue weighted by molar-refractivity contribution is 0.0733. The highest BCUT2D eigenvalue weighted by Gasteiger charge is 2.29. The minimum atomic E-state index is -3.76. The van der Waals surface area contributed by atoms with Crippen molar-refractivity contribution in [2.24, 2.45) is 0 Å². The minimum Gasteiger partial charge on any atom is -0.423 e. The molecule has 3 rings (SSSR count). The van der Waals surface area contributed by atoms with Gasteiger partial charge in [-0.15, -0.1) is 0 Å². The zero-order valence-corrected chi connectivity index (χ0v) is 17.1. The number of aryl methyl sites for hydroxylation is 1. The van der Waals surface area contributed by atoms with Crippen molar-refractivity contribution in [2.45, 2.75) is 31.1 Å². The van der Waals surface area contributed by atoms with Crippen molar-refractivity contribution in [2.75, 3.05) is 13.1 Å². The molecule has 1 heterocycles. The van der Waals surface area contributed by atoms with Crippen LogP contribution in [0.25, 0.3) is 0 Å². The van der Waals surface area contributed by atoms with E-state index >= 15 is 0 Å². The number of hydrogen-bond donors (Lipinski definition) is 0. The maximum absolute atomic E-state index is 12.9. The summed E-state index contributed by atoms with van der Waals surface area (Å²) in [5.41, 5.74) is 0.815. The van der Waals surface area contributed by atoms with Crippen LogP contribution in [0.1, 0.15) is 35.2 Å². The van der Waals surface area contributed by atoms with Crippen LogP contribution in [0.5, 0.6) is 5.75 Å². The molecule has 0 bridgehead atoms. The molecule has 1 saturated heterocycles. The van der Waals surface area contributed by atoms with Gasteiger partial charge in [0.1, 0.15) is 10.6 Å². The first-order valence-electron chi connectivity index (χ1n) is 8.57. The average molecular weight is 428 g/mol. The fraction of sp³-hybridized carbons (Fsp3) is 0.316. The predicted octanol–water partition coefficient (Wildman–Crippen LogP) is 4.70. The summed E-state index contributed by atoms with van der Waals surface area (Å²) in [6.45, 7) is 2.68. The molecule has 0 spiro atoms. The van der Waals surface area contributed by atoms with Crippen LogP contribution in [0.4, 0.5) is 0 Å². The summed E-state index contributed by atoms with van der Waals surface area (Å²) >= 11 is 12.0. The number of ether oxygens (including phenoxy) is 1. The van der Waals surface area contributed by atoms with E-state index in [1.54, 1.807) is 25.1 Å². The first kappa shape index (κ1) is 20.1. The molecule has 1 aliphatic rings. The number of halogens is 2. The summed E-state index contributed by atoms with van der Waals surface area (Å²) in [5.74, 6) is -0.299. The third-order valence-electron chi connectivity index (χ3n) is 4.44. The van der Waals surface area contributed by atoms with Gasteiger partial charge in [0.15, 0.2) is 0 Å². The summed E-state index contributed by atoms with van der Waals surface area (Å²) in [5, 5.41) is 0.619. The number of carbonyl (C=O) groups excluding carboxylic acids is 1. The van der Waals surface area contributed by atoms with Crippen molar-refractivity contribution in [3.05, 3.63) is 57.6 Å². The molecule has 27 heavy (non-hydrogen) atoms. The fourth-order valence-electron chi connectivity index (χ4n) is 2.96. The smallest absolute Gasteiger partial charge is 0.343 e. The molecule has 144 valence electrons. The highest BCUT2D eigenvalue weighted by molar-refractivity contribution is 7.89. The van der Waals surface area contributed by atoms with Gasteiger partial charge in [-0.05, 0) is 61.7 Å². The molecule has 2 aromatic carbocycles. The lowest BCUT2D eigenvalue weighted by Gasteiger charge is -2.26. The highest BCUT2D eigenvalue weighted by Crippen LogP contribution is 2.29. The van der Waals surface area contributed by atoms with Crippen LogP contribution in [0.3, 0.4) is 0 Å². The van der Waals surface area contributed by atoms with Crippen LogP contribution in [-0.2, 0) is 10.0 Å². The number of benzene rings is 2. The lowest BCUT2D eigenvalue weighted by Crippen LogP contribution is -2.35. The van der Waals surface area contributed by atoms with Gasteiger partial charge in [-0.2, -0.15) is 4.31 Å². The van der Waals surface area contributed by atoms with Crippen molar-refractivity contribution in [3.8, 4) is 5.75 Å². The Morgan fingerprint density at radius 3 is 2.41 bits per heavy atom. The fourth-order valence-corrected chi connectivity index (χ4v) is 5.20. The zero-order valence-electron chi connectivity index (χ0n) is 14.7. The molecule has 0 N–H and O–H groups in total. The van der Waals surface area contributed by atoms with E-state index in [2.05, 4.69) is 0 Å². The Bertz CT molecular complexity index is 970. The molecule has 5 nitrogen and oxygen atoms in total. The van der Waals surface area contributed by atoms with Crippen LogP contribution >= 0.6 is 23.2 Å². The van der Waals surface area contributed by atoms with Gasteiger partial charge in [-0.25, -0.2) is 13.2 Å². The van der Waals surface area contributed by atoms with Crippen molar-refractivity contribution >= 4 is 39.2 Å². The average Bonchev–Trinajstić information content (AvgIpc) is 2.65. The second-order valence-electron chi connectivity index (χ2n) is 6.41. The number of hydrogen-bond acceptors (Lipinski definition) is 4. The van der Waals surface area contributed by atoms with Crippen molar-refractivity contribution in [3.63, 3.8) is 0 Å². The van der Waals surface area contributed by atoms with Gasteiger partial charge in [0.2, 0.25) is 10.0 Å². The van der Waals surface area contributed by atoms with E-state index in [1.807, 2.05) is 0 Å². The number of esters is 1. The van der Waals surface area contributed by atoms with Gasteiger partial charge in [0.25, 0.3) is 0 Å². The van der Waals surface area contributed by atoms with Gasteiger partial charge < -0.3 is 4.74 Å². The Morgan fingerprint density at radius 1 is 1.04 bits per heavy atom. The number of carbonyl (C=O) groups is 1. The maximum Gasteiger partial charge on any atom is 0.343 e. The van der Waals surface area contributed by atoms with Crippen LogP contribution in [-0.4, -0.2) is 31.8 Å². The quantitative estimate of drug-likeness (QED) is 0.523. The molecule has 1 fully saturated rings. The number of nitrogens with zero attached hydrogens (tertiary/aromatic N) is 1. The van der Waals surface area contributed by atoms with Gasteiger partial charge in [-0.1, -0.05) is 29.6 Å². The monoisotopic (exact) mass is 427 g/mol. The van der Waals surface area contributed by atoms with Gasteiger partial charge in [0, 0.05) is 18.1 Å². The largest absolute Gasteiger partial charge is 0.423 e.